The highest BCUT2D eigenvalue weighted by molar-refractivity contribution is 7.90. The van der Waals surface area contributed by atoms with Gasteiger partial charge in [0.1, 0.15) is 6.07 Å². The Morgan fingerprint density at radius 3 is 2.93 bits per heavy atom. The third-order valence-electron chi connectivity index (χ3n) is 2.59. The zero-order valence-corrected chi connectivity index (χ0v) is 9.21. The summed E-state index contributed by atoms with van der Waals surface area (Å²) < 4.78 is 24.6. The summed E-state index contributed by atoms with van der Waals surface area (Å²) in [5.74, 6) is 0.127. The summed E-state index contributed by atoms with van der Waals surface area (Å²) in [5, 5.41) is 12.9. The van der Waals surface area contributed by atoms with Gasteiger partial charge in [0.15, 0.2) is 15.5 Å². The van der Waals surface area contributed by atoms with Crippen LogP contribution in [0.1, 0.15) is 23.9 Å². The number of fused-ring (bicyclic) bond motifs is 1. The zero-order valence-electron chi connectivity index (χ0n) is 8.39. The lowest BCUT2D eigenvalue weighted by Gasteiger charge is -2.13. The Bertz CT molecular complexity index is 536. The van der Waals surface area contributed by atoms with Gasteiger partial charge in [-0.05, 0) is 6.92 Å². The molecule has 0 unspecified atom stereocenters. The lowest BCUT2D eigenvalue weighted by Crippen LogP contribution is -2.20. The van der Waals surface area contributed by atoms with E-state index in [-0.39, 0.29) is 17.2 Å². The fraction of sp³-hybridized carbons (Fsp3) is 0.556. The van der Waals surface area contributed by atoms with Crippen molar-refractivity contribution in [3.8, 4) is 6.07 Å². The molecule has 0 saturated heterocycles. The van der Waals surface area contributed by atoms with Crippen molar-refractivity contribution in [2.45, 2.75) is 25.6 Å². The molecule has 0 radical (unpaired) electrons. The number of hydrogen-bond donors (Lipinski definition) is 0. The highest BCUT2D eigenvalue weighted by atomic mass is 32.2. The third kappa shape index (κ3) is 1.63. The highest BCUT2D eigenvalue weighted by Gasteiger charge is 2.28. The number of nitriles is 1. The summed E-state index contributed by atoms with van der Waals surface area (Å²) in [6, 6.07) is 1.95. The molecule has 0 atom stereocenters. The number of nitrogens with zero attached hydrogens (tertiary/aromatic N) is 3. The Morgan fingerprint density at radius 1 is 1.60 bits per heavy atom. The molecule has 0 bridgehead atoms. The van der Waals surface area contributed by atoms with Crippen molar-refractivity contribution in [1.82, 2.24) is 9.78 Å². The molecule has 1 aliphatic heterocycles. The third-order valence-corrected chi connectivity index (χ3v) is 4.14. The summed E-state index contributed by atoms with van der Waals surface area (Å²) in [6.45, 7) is 2.60. The van der Waals surface area contributed by atoms with Crippen molar-refractivity contribution in [2.75, 3.05) is 5.75 Å². The highest BCUT2D eigenvalue weighted by Crippen LogP contribution is 2.23. The molecule has 1 aromatic heterocycles. The molecule has 0 amide bonds. The molecule has 0 fully saturated rings. The molecule has 0 aliphatic carbocycles. The van der Waals surface area contributed by atoms with E-state index in [0.717, 1.165) is 5.69 Å². The second-order valence-electron chi connectivity index (χ2n) is 3.54. The van der Waals surface area contributed by atoms with Crippen LogP contribution < -0.4 is 0 Å². The average molecular weight is 225 g/mol. The van der Waals surface area contributed by atoms with Gasteiger partial charge in [0.25, 0.3) is 0 Å². The van der Waals surface area contributed by atoms with Crippen LogP contribution in [0.5, 0.6) is 0 Å². The average Bonchev–Trinajstić information content (AvgIpc) is 2.53. The summed E-state index contributed by atoms with van der Waals surface area (Å²) in [7, 11) is -3.03. The smallest absolute Gasteiger partial charge is 0.166 e. The molecular weight excluding hydrogens is 214 g/mol. The largest absolute Gasteiger partial charge is 0.268 e. The first-order chi connectivity index (χ1) is 7.07. The van der Waals surface area contributed by atoms with Crippen LogP contribution in [0.2, 0.25) is 0 Å². The molecule has 0 aromatic carbocycles. The normalized spacial score (nSPS) is 18.1. The molecule has 15 heavy (non-hydrogen) atoms. The topological polar surface area (TPSA) is 75.8 Å². The summed E-state index contributed by atoms with van der Waals surface area (Å²) in [6.07, 6.45) is 0.472. The van der Waals surface area contributed by atoms with E-state index in [2.05, 4.69) is 5.10 Å². The first kappa shape index (κ1) is 10.2. The Labute approximate surface area is 88.2 Å². The van der Waals surface area contributed by atoms with Gasteiger partial charge in [0, 0.05) is 24.2 Å². The van der Waals surface area contributed by atoms with Crippen LogP contribution >= 0.6 is 0 Å². The van der Waals surface area contributed by atoms with Crippen molar-refractivity contribution in [3.05, 3.63) is 17.0 Å². The van der Waals surface area contributed by atoms with Crippen LogP contribution in [0.3, 0.4) is 0 Å². The summed E-state index contributed by atoms with van der Waals surface area (Å²) in [5.41, 5.74) is 1.77. The monoisotopic (exact) mass is 225 g/mol. The van der Waals surface area contributed by atoms with E-state index in [9.17, 15) is 8.42 Å². The maximum atomic E-state index is 11.4. The van der Waals surface area contributed by atoms with Gasteiger partial charge in [-0.3, -0.25) is 4.68 Å². The Hall–Kier alpha value is -1.35. The molecule has 6 heteroatoms. The van der Waals surface area contributed by atoms with Crippen LogP contribution in [0, 0.1) is 11.3 Å². The Morgan fingerprint density at radius 2 is 2.33 bits per heavy atom. The van der Waals surface area contributed by atoms with Gasteiger partial charge in [-0.25, -0.2) is 8.42 Å². The number of aryl methyl sites for hydroxylation is 1. The predicted molar refractivity (Wildman–Crippen MR) is 53.8 cm³/mol. The van der Waals surface area contributed by atoms with Gasteiger partial charge >= 0.3 is 0 Å². The molecule has 5 nitrogen and oxygen atoms in total. The standard InChI is InChI=1S/C9H11N3O2S/c1-2-12-9-3-4-15(13,14)6-7(9)8(5-10)11-12/h2-4,6H2,1H3. The predicted octanol–water partition coefficient (Wildman–Crippen LogP) is 0.246. The van der Waals surface area contributed by atoms with E-state index in [4.69, 9.17) is 5.26 Å². The lowest BCUT2D eigenvalue weighted by atomic mass is 10.1. The fourth-order valence-corrected chi connectivity index (χ4v) is 3.25. The van der Waals surface area contributed by atoms with Gasteiger partial charge < -0.3 is 0 Å². The minimum absolute atomic E-state index is 0.0365. The van der Waals surface area contributed by atoms with E-state index >= 15 is 0 Å². The van der Waals surface area contributed by atoms with E-state index in [1.165, 1.54) is 0 Å². The van der Waals surface area contributed by atoms with E-state index in [1.54, 1.807) is 4.68 Å². The Kier molecular flexibility index (Phi) is 2.27. The SMILES string of the molecule is CCn1nc(C#N)c2c1CCS(=O)(=O)C2. The molecule has 2 heterocycles. The Balaban J connectivity index is 2.59. The maximum absolute atomic E-state index is 11.4. The molecule has 2 rings (SSSR count). The quantitative estimate of drug-likeness (QED) is 0.686. The molecule has 0 saturated carbocycles. The van der Waals surface area contributed by atoms with Crippen LogP contribution in [0.15, 0.2) is 0 Å². The van der Waals surface area contributed by atoms with Crippen LogP contribution in [0.25, 0.3) is 0 Å². The molecule has 0 spiro atoms. The molecule has 1 aliphatic rings. The van der Waals surface area contributed by atoms with E-state index < -0.39 is 9.84 Å². The minimum atomic E-state index is -3.03. The molecular formula is C9H11N3O2S. The first-order valence-electron chi connectivity index (χ1n) is 4.76. The first-order valence-corrected chi connectivity index (χ1v) is 6.58. The number of rotatable bonds is 1. The van der Waals surface area contributed by atoms with Crippen LogP contribution in [-0.4, -0.2) is 24.0 Å². The van der Waals surface area contributed by atoms with Crippen molar-refractivity contribution in [3.63, 3.8) is 0 Å². The molecule has 80 valence electrons. The molecule has 1 aromatic rings. The summed E-state index contributed by atoms with van der Waals surface area (Å²) >= 11 is 0. The van der Waals surface area contributed by atoms with Crippen LogP contribution in [-0.2, 0) is 28.6 Å². The minimum Gasteiger partial charge on any atom is -0.268 e. The second-order valence-corrected chi connectivity index (χ2v) is 5.73. The van der Waals surface area contributed by atoms with Crippen molar-refractivity contribution < 1.29 is 8.42 Å². The van der Waals surface area contributed by atoms with Crippen molar-refractivity contribution in [1.29, 1.82) is 5.26 Å². The van der Waals surface area contributed by atoms with Gasteiger partial charge in [-0.2, -0.15) is 10.4 Å². The second kappa shape index (κ2) is 3.35. The fourth-order valence-electron chi connectivity index (χ4n) is 1.86. The number of hydrogen-bond acceptors (Lipinski definition) is 4. The van der Waals surface area contributed by atoms with Gasteiger partial charge in [0.05, 0.1) is 11.5 Å². The van der Waals surface area contributed by atoms with Gasteiger partial charge in [-0.15, -0.1) is 0 Å². The van der Waals surface area contributed by atoms with Crippen LogP contribution in [0.4, 0.5) is 0 Å². The maximum Gasteiger partial charge on any atom is 0.166 e. The number of aromatic nitrogens is 2. The van der Waals surface area contributed by atoms with Crippen molar-refractivity contribution in [2.24, 2.45) is 0 Å². The molecule has 0 N–H and O–H groups in total. The van der Waals surface area contributed by atoms with Gasteiger partial charge in [-0.1, -0.05) is 0 Å². The lowest BCUT2D eigenvalue weighted by molar-refractivity contribution is 0.583. The van der Waals surface area contributed by atoms with E-state index in [1.807, 2.05) is 13.0 Å². The van der Waals surface area contributed by atoms with Gasteiger partial charge in [0.2, 0.25) is 0 Å². The number of sulfone groups is 1. The van der Waals surface area contributed by atoms with Crippen molar-refractivity contribution >= 4 is 9.84 Å². The summed E-state index contributed by atoms with van der Waals surface area (Å²) in [4.78, 5) is 0. The van der Waals surface area contributed by atoms with E-state index in [0.29, 0.717) is 18.5 Å². The zero-order chi connectivity index (χ0) is 11.1.